The predicted molar refractivity (Wildman–Crippen MR) is 179 cm³/mol. The maximum atomic E-state index is 13.4. The molecule has 3 aliphatic rings. The van der Waals surface area contributed by atoms with Crippen molar-refractivity contribution < 1.29 is 9.59 Å². The molecular formula is C36H40N6O2S. The number of rotatable bonds is 6. The maximum Gasteiger partial charge on any atom is 0.263 e. The summed E-state index contributed by atoms with van der Waals surface area (Å²) in [5.41, 5.74) is 13.8. The summed E-state index contributed by atoms with van der Waals surface area (Å²) < 4.78 is 4.42. The van der Waals surface area contributed by atoms with Gasteiger partial charge in [0.05, 0.1) is 27.2 Å². The van der Waals surface area contributed by atoms with Crippen molar-refractivity contribution in [3.63, 3.8) is 0 Å². The molecule has 45 heavy (non-hydrogen) atoms. The van der Waals surface area contributed by atoms with Crippen molar-refractivity contribution in [2.75, 3.05) is 26.2 Å². The van der Waals surface area contributed by atoms with E-state index >= 15 is 0 Å². The van der Waals surface area contributed by atoms with Gasteiger partial charge in [0.2, 0.25) is 0 Å². The molecule has 2 amide bonds. The lowest BCUT2D eigenvalue weighted by atomic mass is 9.88. The molecular weight excluding hydrogens is 581 g/mol. The van der Waals surface area contributed by atoms with Crippen LogP contribution in [-0.4, -0.2) is 68.0 Å². The van der Waals surface area contributed by atoms with Gasteiger partial charge in [-0.05, 0) is 92.5 Å². The lowest BCUT2D eigenvalue weighted by Gasteiger charge is -2.32. The molecule has 8 nitrogen and oxygen atoms in total. The fourth-order valence-corrected chi connectivity index (χ4v) is 8.19. The number of para-hydroxylation sites is 1. The van der Waals surface area contributed by atoms with Crippen LogP contribution in [0, 0.1) is 12.8 Å². The molecule has 6 heterocycles. The van der Waals surface area contributed by atoms with E-state index in [2.05, 4.69) is 35.8 Å². The summed E-state index contributed by atoms with van der Waals surface area (Å²) in [5, 5.41) is 8.34. The monoisotopic (exact) mass is 620 g/mol. The van der Waals surface area contributed by atoms with Crippen LogP contribution in [0.3, 0.4) is 0 Å². The van der Waals surface area contributed by atoms with E-state index in [1.165, 1.54) is 40.6 Å². The van der Waals surface area contributed by atoms with E-state index in [-0.39, 0.29) is 17.9 Å². The van der Waals surface area contributed by atoms with E-state index in [0.717, 1.165) is 79.2 Å². The van der Waals surface area contributed by atoms with E-state index in [1.807, 2.05) is 50.2 Å². The summed E-state index contributed by atoms with van der Waals surface area (Å²) in [7, 11) is 0. The van der Waals surface area contributed by atoms with E-state index in [9.17, 15) is 9.59 Å². The first-order chi connectivity index (χ1) is 21.9. The topological polar surface area (TPSA) is 88.9 Å². The Labute approximate surface area is 267 Å². The molecule has 1 unspecified atom stereocenters. The van der Waals surface area contributed by atoms with Crippen molar-refractivity contribution in [3.05, 3.63) is 81.7 Å². The van der Waals surface area contributed by atoms with Gasteiger partial charge in [0.15, 0.2) is 0 Å². The fourth-order valence-electron chi connectivity index (χ4n) is 7.50. The molecule has 0 spiro atoms. The Morgan fingerprint density at radius 3 is 2.56 bits per heavy atom. The summed E-state index contributed by atoms with van der Waals surface area (Å²) in [5.74, 6) is 1.28. The number of hydrogen-bond acceptors (Lipinski definition) is 5. The van der Waals surface area contributed by atoms with Crippen molar-refractivity contribution in [3.8, 4) is 11.4 Å². The highest BCUT2D eigenvalue weighted by Gasteiger charge is 2.30. The molecule has 0 radical (unpaired) electrons. The Balaban J connectivity index is 1.13. The highest BCUT2D eigenvalue weighted by Crippen LogP contribution is 2.41. The Bertz CT molecular complexity index is 1890. The highest BCUT2D eigenvalue weighted by atomic mass is 32.1. The SMILES string of the molecule is Cc1c(-c2cc3cccc(C4CCN(C(=O)c5cccs5)CC4)c3n2CC2CC2)nn2cc(C(=O)N3CCCC(N)C3)ccc12. The molecule has 8 rings (SSSR count). The van der Waals surface area contributed by atoms with Crippen LogP contribution in [0.15, 0.2) is 60.1 Å². The molecule has 1 atom stereocenters. The first kappa shape index (κ1) is 28.5. The van der Waals surface area contributed by atoms with Crippen molar-refractivity contribution in [2.24, 2.45) is 11.7 Å². The Hall–Kier alpha value is -3.95. The zero-order valence-corrected chi connectivity index (χ0v) is 26.6. The van der Waals surface area contributed by atoms with Gasteiger partial charge in [-0.3, -0.25) is 9.59 Å². The van der Waals surface area contributed by atoms with Gasteiger partial charge in [-0.1, -0.05) is 24.3 Å². The number of hydrogen-bond donors (Lipinski definition) is 1. The number of amides is 2. The minimum Gasteiger partial charge on any atom is -0.339 e. The molecule has 3 fully saturated rings. The average Bonchev–Trinajstić information content (AvgIpc) is 3.42. The van der Waals surface area contributed by atoms with Crippen LogP contribution in [0.2, 0.25) is 0 Å². The van der Waals surface area contributed by atoms with Crippen molar-refractivity contribution >= 4 is 39.6 Å². The van der Waals surface area contributed by atoms with E-state index < -0.39 is 0 Å². The molecule has 2 saturated heterocycles. The third kappa shape index (κ3) is 5.25. The molecule has 4 aromatic heterocycles. The minimum absolute atomic E-state index is 0.0253. The molecule has 2 N–H and O–H groups in total. The number of carbonyl (C=O) groups excluding carboxylic acids is 2. The fraction of sp³-hybridized carbons (Fsp3) is 0.417. The number of benzene rings is 1. The minimum atomic E-state index is 0.0253. The molecule has 1 aliphatic carbocycles. The van der Waals surface area contributed by atoms with Gasteiger partial charge < -0.3 is 20.1 Å². The second-order valence-corrected chi connectivity index (χ2v) is 14.2. The Morgan fingerprint density at radius 1 is 0.956 bits per heavy atom. The van der Waals surface area contributed by atoms with Gasteiger partial charge >= 0.3 is 0 Å². The third-order valence-corrected chi connectivity index (χ3v) is 11.0. The maximum absolute atomic E-state index is 13.4. The van der Waals surface area contributed by atoms with Gasteiger partial charge in [0.25, 0.3) is 11.8 Å². The quantitative estimate of drug-likeness (QED) is 0.241. The number of aryl methyl sites for hydroxylation is 1. The predicted octanol–water partition coefficient (Wildman–Crippen LogP) is 6.32. The normalized spacial score (nSPS) is 19.6. The molecule has 5 aromatic rings. The smallest absolute Gasteiger partial charge is 0.263 e. The van der Waals surface area contributed by atoms with Crippen LogP contribution >= 0.6 is 11.3 Å². The van der Waals surface area contributed by atoms with Crippen LogP contribution in [0.5, 0.6) is 0 Å². The lowest BCUT2D eigenvalue weighted by molar-refractivity contribution is 0.0704. The number of aromatic nitrogens is 3. The number of pyridine rings is 1. The van der Waals surface area contributed by atoms with Crippen LogP contribution in [0.4, 0.5) is 0 Å². The largest absolute Gasteiger partial charge is 0.339 e. The summed E-state index contributed by atoms with van der Waals surface area (Å²) in [6, 6.07) is 16.9. The molecule has 0 bridgehead atoms. The zero-order valence-electron chi connectivity index (χ0n) is 25.8. The second-order valence-electron chi connectivity index (χ2n) is 13.3. The van der Waals surface area contributed by atoms with Gasteiger partial charge in [-0.2, -0.15) is 5.10 Å². The van der Waals surface area contributed by atoms with Gasteiger partial charge in [0.1, 0.15) is 5.69 Å². The van der Waals surface area contributed by atoms with Gasteiger partial charge in [-0.25, -0.2) is 4.52 Å². The van der Waals surface area contributed by atoms with Crippen LogP contribution in [0.1, 0.15) is 75.6 Å². The van der Waals surface area contributed by atoms with Crippen molar-refractivity contribution in [1.82, 2.24) is 24.0 Å². The molecule has 232 valence electrons. The molecule has 9 heteroatoms. The second kappa shape index (κ2) is 11.4. The van der Waals surface area contributed by atoms with E-state index in [0.29, 0.717) is 23.9 Å². The summed E-state index contributed by atoms with van der Waals surface area (Å²) in [6.45, 7) is 6.05. The van der Waals surface area contributed by atoms with Gasteiger partial charge in [-0.15, -0.1) is 11.3 Å². The van der Waals surface area contributed by atoms with Crippen LogP contribution in [-0.2, 0) is 6.54 Å². The van der Waals surface area contributed by atoms with Gasteiger partial charge in [0, 0.05) is 55.9 Å². The van der Waals surface area contributed by atoms with Crippen LogP contribution < -0.4 is 5.73 Å². The number of piperidine rings is 2. The standard InChI is InChI=1S/C36H40N6O2S/c1-23-30-12-11-27(35(43)40-15-3-6-28(37)22-40)21-42(30)38-33(23)31-19-26-5-2-7-29(34(26)41(31)20-24-9-10-24)25-13-16-39(17-14-25)36(44)32-8-4-18-45-32/h2,4-5,7-8,11-12,18-19,21,24-25,28H,3,6,9-10,13-17,20,22,37H2,1H3. The van der Waals surface area contributed by atoms with E-state index in [1.54, 1.807) is 0 Å². The lowest BCUT2D eigenvalue weighted by Crippen LogP contribution is -2.45. The summed E-state index contributed by atoms with van der Waals surface area (Å²) >= 11 is 1.52. The number of carbonyl (C=O) groups is 2. The number of thiophene rings is 1. The molecule has 1 aromatic carbocycles. The summed E-state index contributed by atoms with van der Waals surface area (Å²) in [6.07, 6.45) is 8.26. The molecule has 1 saturated carbocycles. The number of nitrogens with zero attached hydrogens (tertiary/aromatic N) is 5. The first-order valence-corrected chi connectivity index (χ1v) is 17.3. The highest BCUT2D eigenvalue weighted by molar-refractivity contribution is 7.12. The van der Waals surface area contributed by atoms with Crippen molar-refractivity contribution in [2.45, 2.75) is 64.0 Å². The van der Waals surface area contributed by atoms with Crippen LogP contribution in [0.25, 0.3) is 27.8 Å². The molecule has 2 aliphatic heterocycles. The van der Waals surface area contributed by atoms with Crippen molar-refractivity contribution in [1.29, 1.82) is 0 Å². The third-order valence-electron chi connectivity index (χ3n) is 10.2. The number of nitrogens with two attached hydrogens (primary N) is 1. The Morgan fingerprint density at radius 2 is 1.80 bits per heavy atom. The number of likely N-dealkylation sites (tertiary alicyclic amines) is 2. The average molecular weight is 621 g/mol. The Kier molecular flexibility index (Phi) is 7.25. The van der Waals surface area contributed by atoms with E-state index in [4.69, 9.17) is 10.8 Å². The number of fused-ring (bicyclic) bond motifs is 2. The zero-order chi connectivity index (χ0) is 30.7. The summed E-state index contributed by atoms with van der Waals surface area (Å²) in [4.78, 5) is 31.1. The first-order valence-electron chi connectivity index (χ1n) is 16.4.